The van der Waals surface area contributed by atoms with E-state index < -0.39 is 5.97 Å². The average Bonchev–Trinajstić information content (AvgIpc) is 2.23. The minimum Gasteiger partial charge on any atom is -0.481 e. The molecule has 1 saturated carbocycles. The van der Waals surface area contributed by atoms with Crippen molar-refractivity contribution in [2.75, 3.05) is 13.1 Å². The number of piperidine rings is 1. The van der Waals surface area contributed by atoms with E-state index in [1.165, 1.54) is 19.3 Å². The first-order valence-electron chi connectivity index (χ1n) is 7.27. The number of hydrogen-bond acceptors (Lipinski definition) is 3. The highest BCUT2D eigenvalue weighted by Crippen LogP contribution is 2.34. The maximum Gasteiger partial charge on any atom is 0.303 e. The Hall–Kier alpha value is -0.610. The molecule has 0 amide bonds. The Balaban J connectivity index is 1.84. The number of aliphatic carboxylic acids is 1. The van der Waals surface area contributed by atoms with Crippen LogP contribution in [0.4, 0.5) is 0 Å². The van der Waals surface area contributed by atoms with E-state index in [4.69, 9.17) is 10.8 Å². The number of carboxylic acid groups (broad SMARTS) is 1. The molecule has 0 radical (unpaired) electrons. The van der Waals surface area contributed by atoms with Gasteiger partial charge in [-0.25, -0.2) is 0 Å². The first-order valence-corrected chi connectivity index (χ1v) is 7.27. The summed E-state index contributed by atoms with van der Waals surface area (Å²) in [5.74, 6) is 0.621. The highest BCUT2D eigenvalue weighted by molar-refractivity contribution is 5.66. The summed E-state index contributed by atoms with van der Waals surface area (Å²) in [4.78, 5) is 13.2. The molecule has 0 aromatic heterocycles. The molecule has 4 nitrogen and oxygen atoms in total. The van der Waals surface area contributed by atoms with Gasteiger partial charge >= 0.3 is 5.97 Å². The van der Waals surface area contributed by atoms with Crippen LogP contribution in [0.1, 0.15) is 45.4 Å². The smallest absolute Gasteiger partial charge is 0.303 e. The number of rotatable bonds is 5. The van der Waals surface area contributed by atoms with Crippen LogP contribution in [0.15, 0.2) is 0 Å². The van der Waals surface area contributed by atoms with E-state index in [1.54, 1.807) is 0 Å². The van der Waals surface area contributed by atoms with E-state index in [0.29, 0.717) is 12.0 Å². The second-order valence-corrected chi connectivity index (χ2v) is 6.18. The molecular weight excluding hydrogens is 228 g/mol. The fourth-order valence-corrected chi connectivity index (χ4v) is 3.37. The van der Waals surface area contributed by atoms with E-state index in [-0.39, 0.29) is 12.5 Å². The predicted octanol–water partition coefficient (Wildman–Crippen LogP) is 1.69. The van der Waals surface area contributed by atoms with E-state index in [1.807, 2.05) is 0 Å². The van der Waals surface area contributed by atoms with Gasteiger partial charge in [-0.15, -0.1) is 0 Å². The Kier molecular flexibility index (Phi) is 4.62. The zero-order valence-corrected chi connectivity index (χ0v) is 11.3. The van der Waals surface area contributed by atoms with Gasteiger partial charge in [-0.05, 0) is 44.4 Å². The van der Waals surface area contributed by atoms with E-state index in [0.717, 1.165) is 31.8 Å². The summed E-state index contributed by atoms with van der Waals surface area (Å²) < 4.78 is 0. The van der Waals surface area contributed by atoms with Gasteiger partial charge in [0, 0.05) is 31.6 Å². The molecule has 4 heteroatoms. The fourth-order valence-electron chi connectivity index (χ4n) is 3.37. The molecule has 3 unspecified atom stereocenters. The third kappa shape index (κ3) is 3.45. The number of hydrogen-bond donors (Lipinski definition) is 2. The molecule has 2 fully saturated rings. The van der Waals surface area contributed by atoms with Crippen LogP contribution in [0.5, 0.6) is 0 Å². The SMILES string of the molecule is CC(C1CCC1)N1CC(N)CC(CCC(=O)O)C1. The minimum atomic E-state index is -0.687. The van der Waals surface area contributed by atoms with Crippen molar-refractivity contribution in [1.82, 2.24) is 4.90 Å². The van der Waals surface area contributed by atoms with Crippen molar-refractivity contribution in [2.24, 2.45) is 17.6 Å². The first kappa shape index (κ1) is 13.8. The quantitative estimate of drug-likeness (QED) is 0.783. The molecule has 2 rings (SSSR count). The van der Waals surface area contributed by atoms with Crippen molar-refractivity contribution in [3.63, 3.8) is 0 Å². The lowest BCUT2D eigenvalue weighted by Crippen LogP contribution is -2.53. The van der Waals surface area contributed by atoms with Gasteiger partial charge in [-0.1, -0.05) is 6.42 Å². The van der Waals surface area contributed by atoms with Crippen LogP contribution in [0.3, 0.4) is 0 Å². The summed E-state index contributed by atoms with van der Waals surface area (Å²) in [6.07, 6.45) is 6.12. The summed E-state index contributed by atoms with van der Waals surface area (Å²) in [5, 5.41) is 8.78. The van der Waals surface area contributed by atoms with Crippen molar-refractivity contribution >= 4 is 5.97 Å². The maximum absolute atomic E-state index is 10.7. The molecule has 1 heterocycles. The molecule has 18 heavy (non-hydrogen) atoms. The first-order chi connectivity index (χ1) is 8.56. The Labute approximate surface area is 110 Å². The standard InChI is InChI=1S/C14H26N2O2/c1-10(12-3-2-4-12)16-8-11(5-6-14(17)18)7-13(15)9-16/h10-13H,2-9,15H2,1H3,(H,17,18). The average molecular weight is 254 g/mol. The molecule has 1 aliphatic carbocycles. The van der Waals surface area contributed by atoms with Gasteiger partial charge in [0.05, 0.1) is 0 Å². The van der Waals surface area contributed by atoms with Crippen LogP contribution in [0.25, 0.3) is 0 Å². The molecule has 1 aliphatic heterocycles. The van der Waals surface area contributed by atoms with Gasteiger partial charge in [0.2, 0.25) is 0 Å². The number of carboxylic acids is 1. The topological polar surface area (TPSA) is 66.6 Å². The zero-order valence-electron chi connectivity index (χ0n) is 11.3. The lowest BCUT2D eigenvalue weighted by atomic mass is 9.78. The van der Waals surface area contributed by atoms with Crippen molar-refractivity contribution in [2.45, 2.75) is 57.5 Å². The predicted molar refractivity (Wildman–Crippen MR) is 71.3 cm³/mol. The number of nitrogens with two attached hydrogens (primary N) is 1. The third-order valence-corrected chi connectivity index (χ3v) is 4.77. The minimum absolute atomic E-state index is 0.222. The molecule has 1 saturated heterocycles. The molecule has 0 aromatic rings. The second-order valence-electron chi connectivity index (χ2n) is 6.18. The van der Waals surface area contributed by atoms with Gasteiger partial charge in [-0.3, -0.25) is 9.69 Å². The lowest BCUT2D eigenvalue weighted by molar-refractivity contribution is -0.137. The summed E-state index contributed by atoms with van der Waals surface area (Å²) in [6, 6.07) is 0.845. The maximum atomic E-state index is 10.7. The zero-order chi connectivity index (χ0) is 13.1. The highest BCUT2D eigenvalue weighted by Gasteiger charge is 2.33. The van der Waals surface area contributed by atoms with Gasteiger partial charge < -0.3 is 10.8 Å². The van der Waals surface area contributed by atoms with Crippen LogP contribution in [-0.2, 0) is 4.79 Å². The molecule has 0 bridgehead atoms. The Bertz CT molecular complexity index is 292. The number of likely N-dealkylation sites (tertiary alicyclic amines) is 1. The Morgan fingerprint density at radius 2 is 2.17 bits per heavy atom. The third-order valence-electron chi connectivity index (χ3n) is 4.77. The molecular formula is C14H26N2O2. The summed E-state index contributed by atoms with van der Waals surface area (Å²) in [6.45, 7) is 4.34. The normalized spacial score (nSPS) is 31.9. The van der Waals surface area contributed by atoms with Crippen LogP contribution in [0, 0.1) is 11.8 Å². The van der Waals surface area contributed by atoms with Gasteiger partial charge in [0.25, 0.3) is 0 Å². The van der Waals surface area contributed by atoms with E-state index >= 15 is 0 Å². The summed E-state index contributed by atoms with van der Waals surface area (Å²) >= 11 is 0. The van der Waals surface area contributed by atoms with Crippen molar-refractivity contribution in [1.29, 1.82) is 0 Å². The molecule has 104 valence electrons. The lowest BCUT2D eigenvalue weighted by Gasteiger charge is -2.44. The number of carbonyl (C=O) groups is 1. The number of nitrogens with zero attached hydrogens (tertiary/aromatic N) is 1. The summed E-state index contributed by atoms with van der Waals surface area (Å²) in [5.41, 5.74) is 6.13. The van der Waals surface area contributed by atoms with Crippen molar-refractivity contribution < 1.29 is 9.90 Å². The van der Waals surface area contributed by atoms with Crippen LogP contribution >= 0.6 is 0 Å². The highest BCUT2D eigenvalue weighted by atomic mass is 16.4. The fraction of sp³-hybridized carbons (Fsp3) is 0.929. The van der Waals surface area contributed by atoms with Crippen molar-refractivity contribution in [3.8, 4) is 0 Å². The monoisotopic (exact) mass is 254 g/mol. The summed E-state index contributed by atoms with van der Waals surface area (Å²) in [7, 11) is 0. The molecule has 3 N–H and O–H groups in total. The van der Waals surface area contributed by atoms with Crippen molar-refractivity contribution in [3.05, 3.63) is 0 Å². The van der Waals surface area contributed by atoms with Crippen LogP contribution in [0.2, 0.25) is 0 Å². The van der Waals surface area contributed by atoms with Gasteiger partial charge in [-0.2, -0.15) is 0 Å². The Morgan fingerprint density at radius 1 is 1.44 bits per heavy atom. The van der Waals surface area contributed by atoms with Gasteiger partial charge in [0.15, 0.2) is 0 Å². The van der Waals surface area contributed by atoms with E-state index in [2.05, 4.69) is 11.8 Å². The molecule has 0 spiro atoms. The molecule has 2 aliphatic rings. The largest absolute Gasteiger partial charge is 0.481 e. The van der Waals surface area contributed by atoms with Crippen LogP contribution in [-0.4, -0.2) is 41.1 Å². The van der Waals surface area contributed by atoms with Crippen LogP contribution < -0.4 is 5.73 Å². The molecule has 3 atom stereocenters. The Morgan fingerprint density at radius 3 is 2.72 bits per heavy atom. The van der Waals surface area contributed by atoms with E-state index in [9.17, 15) is 4.79 Å². The molecule has 0 aromatic carbocycles. The second kappa shape index (κ2) is 6.02. The van der Waals surface area contributed by atoms with Gasteiger partial charge in [0.1, 0.15) is 0 Å².